The molecule has 0 radical (unpaired) electrons. The van der Waals surface area contributed by atoms with Crippen LogP contribution in [0, 0.1) is 31.5 Å². The van der Waals surface area contributed by atoms with E-state index in [1.807, 2.05) is 56.3 Å². The van der Waals surface area contributed by atoms with Crippen LogP contribution in [-0.4, -0.2) is 5.16 Å². The molecule has 3 rings (SSSR count). The second-order valence-corrected chi connectivity index (χ2v) is 6.20. The number of rotatable bonds is 2. The van der Waals surface area contributed by atoms with Crippen molar-refractivity contribution in [2.75, 3.05) is 0 Å². The number of hydrogen-bond acceptors (Lipinski definition) is 2. The van der Waals surface area contributed by atoms with Gasteiger partial charge in [-0.05, 0) is 84.7 Å². The van der Waals surface area contributed by atoms with Gasteiger partial charge in [-0.25, -0.2) is 4.39 Å². The molecular formula is C23H16FNS. The molecule has 0 atom stereocenters. The van der Waals surface area contributed by atoms with E-state index in [4.69, 9.17) is 0 Å². The van der Waals surface area contributed by atoms with E-state index >= 15 is 0 Å². The lowest BCUT2D eigenvalue weighted by Gasteiger charge is -2.05. The number of nitrogens with zero attached hydrogens (tertiary/aromatic N) is 1. The van der Waals surface area contributed by atoms with Gasteiger partial charge >= 0.3 is 0 Å². The van der Waals surface area contributed by atoms with E-state index in [0.717, 1.165) is 33.5 Å². The van der Waals surface area contributed by atoms with Crippen LogP contribution in [0.4, 0.5) is 10.1 Å². The molecule has 0 saturated carbocycles. The Morgan fingerprint density at radius 1 is 0.846 bits per heavy atom. The predicted molar refractivity (Wildman–Crippen MR) is 108 cm³/mol. The third-order valence-corrected chi connectivity index (χ3v) is 4.14. The Morgan fingerprint density at radius 2 is 1.58 bits per heavy atom. The number of aliphatic imine (C=N–C) groups is 1. The van der Waals surface area contributed by atoms with Crippen LogP contribution in [0.25, 0.3) is 11.1 Å². The maximum atomic E-state index is 13.8. The van der Waals surface area contributed by atoms with Crippen molar-refractivity contribution < 1.29 is 4.39 Å². The van der Waals surface area contributed by atoms with Crippen LogP contribution in [0.2, 0.25) is 0 Å². The smallest absolute Gasteiger partial charge is 0.139 e. The third kappa shape index (κ3) is 4.13. The van der Waals surface area contributed by atoms with Crippen LogP contribution in [0.1, 0.15) is 22.3 Å². The molecule has 126 valence electrons. The lowest BCUT2D eigenvalue weighted by molar-refractivity contribution is 0.623. The van der Waals surface area contributed by atoms with Gasteiger partial charge in [-0.15, -0.1) is 0 Å². The molecule has 3 aromatic carbocycles. The molecule has 26 heavy (non-hydrogen) atoms. The van der Waals surface area contributed by atoms with Gasteiger partial charge in [-0.2, -0.15) is 4.99 Å². The summed E-state index contributed by atoms with van der Waals surface area (Å²) in [6.07, 6.45) is 0. The molecule has 3 heteroatoms. The van der Waals surface area contributed by atoms with E-state index < -0.39 is 0 Å². The highest BCUT2D eigenvalue weighted by Crippen LogP contribution is 2.26. The van der Waals surface area contributed by atoms with Gasteiger partial charge in [0.1, 0.15) is 5.82 Å². The van der Waals surface area contributed by atoms with Gasteiger partial charge in [0.25, 0.3) is 0 Å². The number of thiocarbonyl (C=S) groups is 1. The zero-order chi connectivity index (χ0) is 18.5. The number of halogens is 1. The molecule has 1 nitrogen and oxygen atoms in total. The quantitative estimate of drug-likeness (QED) is 0.300. The second kappa shape index (κ2) is 7.89. The highest BCUT2D eigenvalue weighted by atomic mass is 32.1. The monoisotopic (exact) mass is 357 g/mol. The SMILES string of the molecule is Cc1ccc(C#Cc2ccc(-c3ccc(N=C=S)c(C)c3)cc2)c(F)c1. The normalized spacial score (nSPS) is 9.81. The fourth-order valence-corrected chi connectivity index (χ4v) is 2.72. The van der Waals surface area contributed by atoms with Gasteiger partial charge in [0.15, 0.2) is 0 Å². The zero-order valence-electron chi connectivity index (χ0n) is 14.5. The Labute approximate surface area is 158 Å². The average molecular weight is 357 g/mol. The van der Waals surface area contributed by atoms with Crippen LogP contribution in [0.5, 0.6) is 0 Å². The van der Waals surface area contributed by atoms with Gasteiger partial charge in [-0.3, -0.25) is 0 Å². The van der Waals surface area contributed by atoms with E-state index in [0.29, 0.717) is 5.56 Å². The fraction of sp³-hybridized carbons (Fsp3) is 0.0870. The molecule has 0 aliphatic heterocycles. The second-order valence-electron chi connectivity index (χ2n) is 6.02. The molecule has 0 spiro atoms. The first-order chi connectivity index (χ1) is 12.6. The summed E-state index contributed by atoms with van der Waals surface area (Å²) < 4.78 is 13.8. The zero-order valence-corrected chi connectivity index (χ0v) is 15.3. The highest BCUT2D eigenvalue weighted by molar-refractivity contribution is 7.78. The fourth-order valence-electron chi connectivity index (χ4n) is 2.62. The number of hydrogen-bond donors (Lipinski definition) is 0. The van der Waals surface area contributed by atoms with E-state index in [2.05, 4.69) is 40.3 Å². The van der Waals surface area contributed by atoms with E-state index in [1.54, 1.807) is 6.07 Å². The Balaban J connectivity index is 1.84. The molecule has 0 heterocycles. The molecule has 0 aromatic heterocycles. The Kier molecular flexibility index (Phi) is 5.39. The highest BCUT2D eigenvalue weighted by Gasteiger charge is 2.02. The Bertz CT molecular complexity index is 1070. The first-order valence-corrected chi connectivity index (χ1v) is 8.55. The minimum absolute atomic E-state index is 0.288. The van der Waals surface area contributed by atoms with Crippen molar-refractivity contribution in [3.8, 4) is 23.0 Å². The van der Waals surface area contributed by atoms with Crippen LogP contribution in [-0.2, 0) is 0 Å². The van der Waals surface area contributed by atoms with Gasteiger partial charge in [0.2, 0.25) is 0 Å². The summed E-state index contributed by atoms with van der Waals surface area (Å²) in [5, 5.41) is 2.39. The number of isothiocyanates is 1. The topological polar surface area (TPSA) is 12.4 Å². The summed E-state index contributed by atoms with van der Waals surface area (Å²) >= 11 is 4.66. The minimum Gasteiger partial charge on any atom is -0.206 e. The molecular weight excluding hydrogens is 341 g/mol. The molecule has 0 N–H and O–H groups in total. The van der Waals surface area contributed by atoms with Crippen molar-refractivity contribution in [3.05, 3.63) is 88.7 Å². The molecule has 0 aliphatic rings. The number of aryl methyl sites for hydroxylation is 2. The lowest BCUT2D eigenvalue weighted by Crippen LogP contribution is -1.85. The first-order valence-electron chi connectivity index (χ1n) is 8.14. The molecule has 3 aromatic rings. The van der Waals surface area contributed by atoms with Gasteiger partial charge in [0, 0.05) is 5.56 Å². The standard InChI is InChI=1S/C23H16FNS/c1-16-3-7-20(22(24)13-16)10-6-18-4-8-19(9-5-18)21-11-12-23(25-15-26)17(2)14-21/h3-5,7-9,11-14H,1-2H3. The number of benzene rings is 3. The molecule has 0 amide bonds. The van der Waals surface area contributed by atoms with Crippen molar-refractivity contribution in [3.63, 3.8) is 0 Å². The van der Waals surface area contributed by atoms with Gasteiger partial charge in [-0.1, -0.05) is 36.1 Å². The molecule has 0 fully saturated rings. The van der Waals surface area contributed by atoms with Crippen molar-refractivity contribution in [2.45, 2.75) is 13.8 Å². The van der Waals surface area contributed by atoms with Crippen LogP contribution in [0.3, 0.4) is 0 Å². The van der Waals surface area contributed by atoms with Crippen LogP contribution in [0.15, 0.2) is 65.7 Å². The molecule has 0 saturated heterocycles. The summed E-state index contributed by atoms with van der Waals surface area (Å²) in [4.78, 5) is 4.04. The summed E-state index contributed by atoms with van der Waals surface area (Å²) in [6, 6.07) is 18.9. The van der Waals surface area contributed by atoms with Crippen molar-refractivity contribution >= 4 is 23.1 Å². The van der Waals surface area contributed by atoms with Crippen molar-refractivity contribution in [1.82, 2.24) is 0 Å². The van der Waals surface area contributed by atoms with Crippen LogP contribution >= 0.6 is 12.2 Å². The largest absolute Gasteiger partial charge is 0.206 e. The summed E-state index contributed by atoms with van der Waals surface area (Å²) in [7, 11) is 0. The van der Waals surface area contributed by atoms with Gasteiger partial charge in [0.05, 0.1) is 16.4 Å². The average Bonchev–Trinajstić information content (AvgIpc) is 2.63. The van der Waals surface area contributed by atoms with Gasteiger partial charge < -0.3 is 0 Å². The molecule has 0 unspecified atom stereocenters. The maximum Gasteiger partial charge on any atom is 0.139 e. The Hall–Kier alpha value is -3.05. The molecule has 0 bridgehead atoms. The van der Waals surface area contributed by atoms with Crippen molar-refractivity contribution in [2.24, 2.45) is 4.99 Å². The van der Waals surface area contributed by atoms with Crippen LogP contribution < -0.4 is 0 Å². The Morgan fingerprint density at radius 3 is 2.23 bits per heavy atom. The maximum absolute atomic E-state index is 13.8. The van der Waals surface area contributed by atoms with E-state index in [9.17, 15) is 4.39 Å². The summed E-state index contributed by atoms with van der Waals surface area (Å²) in [5.74, 6) is 5.62. The molecule has 0 aliphatic carbocycles. The minimum atomic E-state index is -0.288. The summed E-state index contributed by atoms with van der Waals surface area (Å²) in [6.45, 7) is 3.85. The first kappa shape index (κ1) is 17.8. The van der Waals surface area contributed by atoms with Crippen molar-refractivity contribution in [1.29, 1.82) is 0 Å². The third-order valence-electron chi connectivity index (χ3n) is 4.05. The van der Waals surface area contributed by atoms with E-state index in [-0.39, 0.29) is 5.82 Å². The summed E-state index contributed by atoms with van der Waals surface area (Å²) in [5.41, 5.74) is 6.17. The predicted octanol–water partition coefficient (Wildman–Crippen LogP) is 6.24. The lowest BCUT2D eigenvalue weighted by atomic mass is 10.0. The van der Waals surface area contributed by atoms with E-state index in [1.165, 1.54) is 6.07 Å².